The van der Waals surface area contributed by atoms with Gasteiger partial charge in [-0.2, -0.15) is 0 Å². The first-order valence-corrected chi connectivity index (χ1v) is 5.82. The zero-order chi connectivity index (χ0) is 10.7. The smallest absolute Gasteiger partial charge is 0.140 e. The Kier molecular flexibility index (Phi) is 3.20. The molecule has 1 heteroatoms. The zero-order valence-electron chi connectivity index (χ0n) is 9.28. The van der Waals surface area contributed by atoms with E-state index in [1.165, 1.54) is 6.42 Å². The molecule has 80 valence electrons. The fraction of sp³-hybridized carbons (Fsp3) is 0.500. The van der Waals surface area contributed by atoms with E-state index in [2.05, 4.69) is 6.92 Å². The normalized spacial score (nSPS) is 25.4. The van der Waals surface area contributed by atoms with Crippen molar-refractivity contribution >= 4 is 5.78 Å². The fourth-order valence-corrected chi connectivity index (χ4v) is 2.44. The van der Waals surface area contributed by atoms with Crippen LogP contribution in [0.1, 0.15) is 31.7 Å². The highest BCUT2D eigenvalue weighted by Crippen LogP contribution is 2.31. The average Bonchev–Trinajstić information content (AvgIpc) is 2.66. The van der Waals surface area contributed by atoms with Crippen LogP contribution in [0.2, 0.25) is 0 Å². The van der Waals surface area contributed by atoms with Crippen LogP contribution in [0.3, 0.4) is 0 Å². The molecular formula is C14H18O. The molecule has 1 saturated carbocycles. The zero-order valence-corrected chi connectivity index (χ0v) is 9.28. The second-order valence-electron chi connectivity index (χ2n) is 4.74. The summed E-state index contributed by atoms with van der Waals surface area (Å²) < 4.78 is 0. The lowest BCUT2D eigenvalue weighted by Crippen LogP contribution is -2.13. The quantitative estimate of drug-likeness (QED) is 0.735. The molecule has 1 aromatic rings. The minimum absolute atomic E-state index is 0.334. The largest absolute Gasteiger partial charge is 0.299 e. The molecule has 1 nitrogen and oxygen atoms in total. The van der Waals surface area contributed by atoms with Gasteiger partial charge < -0.3 is 0 Å². The van der Waals surface area contributed by atoms with E-state index in [1.807, 2.05) is 30.3 Å². The molecule has 2 rings (SSSR count). The molecule has 0 aromatic heterocycles. The predicted molar refractivity (Wildman–Crippen MR) is 61.7 cm³/mol. The van der Waals surface area contributed by atoms with Crippen molar-refractivity contribution in [2.24, 2.45) is 11.8 Å². The Labute approximate surface area is 91.5 Å². The summed E-state index contributed by atoms with van der Waals surface area (Å²) in [5, 5.41) is 0. The third-order valence-corrected chi connectivity index (χ3v) is 3.37. The lowest BCUT2D eigenvalue weighted by atomic mass is 9.96. The maximum absolute atomic E-state index is 12.0. The van der Waals surface area contributed by atoms with Crippen molar-refractivity contribution in [3.05, 3.63) is 35.9 Å². The van der Waals surface area contributed by atoms with Crippen molar-refractivity contribution in [3.63, 3.8) is 0 Å². The summed E-state index contributed by atoms with van der Waals surface area (Å²) in [7, 11) is 0. The number of Topliss-reactive ketones (excluding diaryl/α,β-unsaturated/α-hetero) is 1. The molecular weight excluding hydrogens is 184 g/mol. The number of hydrogen-bond acceptors (Lipinski definition) is 1. The highest BCUT2D eigenvalue weighted by molar-refractivity contribution is 5.83. The van der Waals surface area contributed by atoms with Crippen LogP contribution < -0.4 is 0 Å². The first kappa shape index (κ1) is 10.4. The van der Waals surface area contributed by atoms with Gasteiger partial charge in [-0.3, -0.25) is 4.79 Å². The highest BCUT2D eigenvalue weighted by Gasteiger charge is 2.26. The van der Waals surface area contributed by atoms with Gasteiger partial charge >= 0.3 is 0 Å². The fourth-order valence-electron chi connectivity index (χ4n) is 2.44. The van der Waals surface area contributed by atoms with Gasteiger partial charge in [-0.25, -0.2) is 0 Å². The van der Waals surface area contributed by atoms with Crippen LogP contribution in [-0.4, -0.2) is 5.78 Å². The maximum Gasteiger partial charge on any atom is 0.140 e. The summed E-state index contributed by atoms with van der Waals surface area (Å²) in [6.07, 6.45) is 4.06. The first-order chi connectivity index (χ1) is 7.25. The van der Waals surface area contributed by atoms with Crippen LogP contribution >= 0.6 is 0 Å². The number of carbonyl (C=O) groups excluding carboxylic acids is 1. The molecule has 0 bridgehead atoms. The highest BCUT2D eigenvalue weighted by atomic mass is 16.1. The second kappa shape index (κ2) is 4.61. The van der Waals surface area contributed by atoms with Crippen molar-refractivity contribution in [1.29, 1.82) is 0 Å². The molecule has 0 N–H and O–H groups in total. The Morgan fingerprint density at radius 1 is 1.27 bits per heavy atom. The van der Waals surface area contributed by atoms with Crippen LogP contribution in [0.5, 0.6) is 0 Å². The average molecular weight is 202 g/mol. The molecule has 0 aliphatic heterocycles. The van der Waals surface area contributed by atoms with Crippen molar-refractivity contribution in [2.45, 2.75) is 32.6 Å². The first-order valence-electron chi connectivity index (χ1n) is 5.82. The van der Waals surface area contributed by atoms with Gasteiger partial charge in [-0.05, 0) is 30.7 Å². The van der Waals surface area contributed by atoms with Gasteiger partial charge in [-0.15, -0.1) is 0 Å². The van der Waals surface area contributed by atoms with Gasteiger partial charge in [0.1, 0.15) is 5.78 Å². The third kappa shape index (κ3) is 2.68. The maximum atomic E-state index is 12.0. The van der Waals surface area contributed by atoms with Gasteiger partial charge in [-0.1, -0.05) is 37.3 Å². The lowest BCUT2D eigenvalue weighted by molar-refractivity contribution is -0.122. The predicted octanol–water partition coefficient (Wildman–Crippen LogP) is 3.23. The molecule has 0 saturated heterocycles. The number of benzene rings is 1. The van der Waals surface area contributed by atoms with Gasteiger partial charge in [0, 0.05) is 12.3 Å². The Bertz CT molecular complexity index is 328. The van der Waals surface area contributed by atoms with Gasteiger partial charge in [0.05, 0.1) is 0 Å². The van der Waals surface area contributed by atoms with E-state index in [-0.39, 0.29) is 0 Å². The third-order valence-electron chi connectivity index (χ3n) is 3.37. The number of carbonyl (C=O) groups is 1. The van der Waals surface area contributed by atoms with Gasteiger partial charge in [0.2, 0.25) is 0 Å². The van der Waals surface area contributed by atoms with Crippen LogP contribution in [-0.2, 0) is 11.2 Å². The van der Waals surface area contributed by atoms with E-state index >= 15 is 0 Å². The van der Waals surface area contributed by atoms with Crippen molar-refractivity contribution in [3.8, 4) is 0 Å². The summed E-state index contributed by atoms with van der Waals surface area (Å²) in [6, 6.07) is 10.1. The molecule has 0 amide bonds. The van der Waals surface area contributed by atoms with E-state index in [4.69, 9.17) is 0 Å². The minimum Gasteiger partial charge on any atom is -0.299 e. The Balaban J connectivity index is 1.93. The molecule has 0 heterocycles. The monoisotopic (exact) mass is 202 g/mol. The van der Waals surface area contributed by atoms with E-state index in [9.17, 15) is 4.79 Å². The van der Waals surface area contributed by atoms with Crippen LogP contribution in [0.4, 0.5) is 0 Å². The number of hydrogen-bond donors (Lipinski definition) is 0. The van der Waals surface area contributed by atoms with Crippen molar-refractivity contribution < 1.29 is 4.79 Å². The number of rotatable bonds is 3. The molecule has 0 spiro atoms. The molecule has 1 fully saturated rings. The summed E-state index contributed by atoms with van der Waals surface area (Å²) in [5.74, 6) is 1.51. The summed E-state index contributed by atoms with van der Waals surface area (Å²) >= 11 is 0. The van der Waals surface area contributed by atoms with Crippen LogP contribution in [0.15, 0.2) is 30.3 Å². The summed E-state index contributed by atoms with van der Waals surface area (Å²) in [5.41, 5.74) is 1.15. The molecule has 15 heavy (non-hydrogen) atoms. The van der Waals surface area contributed by atoms with Crippen molar-refractivity contribution in [1.82, 2.24) is 0 Å². The lowest BCUT2D eigenvalue weighted by Gasteiger charge is -2.08. The molecule has 2 atom stereocenters. The van der Waals surface area contributed by atoms with Gasteiger partial charge in [0.25, 0.3) is 0 Å². The molecule has 1 aromatic carbocycles. The van der Waals surface area contributed by atoms with Crippen LogP contribution in [0, 0.1) is 11.8 Å². The molecule has 1 aliphatic carbocycles. The van der Waals surface area contributed by atoms with E-state index < -0.39 is 0 Å². The second-order valence-corrected chi connectivity index (χ2v) is 4.74. The van der Waals surface area contributed by atoms with Gasteiger partial charge in [0.15, 0.2) is 0 Å². The molecule has 1 aliphatic rings. The minimum atomic E-state index is 0.334. The molecule has 2 unspecified atom stereocenters. The van der Waals surface area contributed by atoms with E-state index in [1.54, 1.807) is 0 Å². The van der Waals surface area contributed by atoms with Crippen LogP contribution in [0.25, 0.3) is 0 Å². The SMILES string of the molecule is CC1CCC(C(=O)Cc2ccccc2)C1. The van der Waals surface area contributed by atoms with E-state index in [0.29, 0.717) is 18.1 Å². The standard InChI is InChI=1S/C14H18O/c1-11-7-8-13(9-11)14(15)10-12-5-3-2-4-6-12/h2-6,11,13H,7-10H2,1H3. The topological polar surface area (TPSA) is 17.1 Å². The number of ketones is 1. The van der Waals surface area contributed by atoms with E-state index in [0.717, 1.165) is 24.3 Å². The summed E-state index contributed by atoms with van der Waals surface area (Å²) in [6.45, 7) is 2.25. The van der Waals surface area contributed by atoms with Crippen molar-refractivity contribution in [2.75, 3.05) is 0 Å². The Morgan fingerprint density at radius 3 is 2.60 bits per heavy atom. The molecule has 0 radical (unpaired) electrons. The Hall–Kier alpha value is -1.11. The summed E-state index contributed by atoms with van der Waals surface area (Å²) in [4.78, 5) is 12.0. The Morgan fingerprint density at radius 2 is 2.00 bits per heavy atom.